The highest BCUT2D eigenvalue weighted by Gasteiger charge is 2.32. The zero-order valence-electron chi connectivity index (χ0n) is 6.01. The van der Waals surface area contributed by atoms with Gasteiger partial charge in [0.15, 0.2) is 0 Å². The second kappa shape index (κ2) is 3.96. The van der Waals surface area contributed by atoms with E-state index in [2.05, 4.69) is 6.58 Å². The summed E-state index contributed by atoms with van der Waals surface area (Å²) in [4.78, 5) is 0. The van der Waals surface area contributed by atoms with Crippen LogP contribution >= 0.6 is 0 Å². The van der Waals surface area contributed by atoms with E-state index < -0.39 is 8.80 Å². The van der Waals surface area contributed by atoms with Crippen LogP contribution in [0.15, 0.2) is 12.3 Å². The molecule has 0 N–H and O–H groups in total. The molecule has 0 aliphatic heterocycles. The van der Waals surface area contributed by atoms with E-state index in [9.17, 15) is 0 Å². The molecule has 5 heteroatoms. The molecule has 0 aromatic rings. The molecule has 0 saturated carbocycles. The molecule has 0 aromatic carbocycles. The molecule has 0 aliphatic rings. The summed E-state index contributed by atoms with van der Waals surface area (Å²) in [6.45, 7) is 3.55. The summed E-state index contributed by atoms with van der Waals surface area (Å²) in [6, 6.07) is 0. The van der Waals surface area contributed by atoms with E-state index in [1.807, 2.05) is 0 Å². The highest BCUT2D eigenvalue weighted by atomic mass is 28.4. The van der Waals surface area contributed by atoms with Gasteiger partial charge in [0.2, 0.25) is 0 Å². The fraction of sp³-hybridized carbons (Fsp3) is 0.500. The molecule has 0 fully saturated rings. The summed E-state index contributed by atoms with van der Waals surface area (Å²) in [5, 5.41) is 0. The Bertz CT molecular complexity index is 83.5. The Balaban J connectivity index is 3.98. The first kappa shape index (κ1) is 9.05. The lowest BCUT2D eigenvalue weighted by atomic mass is 11.3. The van der Waals surface area contributed by atoms with Crippen molar-refractivity contribution in [2.24, 2.45) is 0 Å². The van der Waals surface area contributed by atoms with Gasteiger partial charge >= 0.3 is 8.80 Å². The van der Waals surface area contributed by atoms with Crippen LogP contribution in [0.5, 0.6) is 0 Å². The molecule has 0 aliphatic carbocycles. The van der Waals surface area contributed by atoms with E-state index in [1.165, 1.54) is 0 Å². The van der Waals surface area contributed by atoms with Crippen molar-refractivity contribution in [3.63, 3.8) is 0 Å². The van der Waals surface area contributed by atoms with E-state index in [0.29, 0.717) is 10.5 Å². The van der Waals surface area contributed by atoms with Crippen LogP contribution in [-0.2, 0) is 13.0 Å². The zero-order chi connectivity index (χ0) is 7.33. The Morgan fingerprint density at radius 2 is 1.89 bits per heavy atom. The summed E-state index contributed by atoms with van der Waals surface area (Å²) >= 11 is 0. The molecule has 0 amide bonds. The van der Waals surface area contributed by atoms with Gasteiger partial charge in [-0.05, 0) is 5.70 Å². The third-order valence-electron chi connectivity index (χ3n) is 1.10. The predicted molar refractivity (Wildman–Crippen MR) is 41.0 cm³/mol. The molecule has 0 unspecified atom stereocenters. The molecule has 0 aromatic heterocycles. The van der Waals surface area contributed by atoms with Crippen molar-refractivity contribution in [3.05, 3.63) is 12.3 Å². The van der Waals surface area contributed by atoms with Crippen LogP contribution in [0.1, 0.15) is 0 Å². The van der Waals surface area contributed by atoms with Crippen molar-refractivity contribution in [1.29, 1.82) is 0 Å². The monoisotopic (exact) mass is 164 g/mol. The van der Waals surface area contributed by atoms with Crippen LogP contribution in [0.3, 0.4) is 0 Å². The first-order chi connectivity index (χ1) is 4.24. The van der Waals surface area contributed by atoms with Gasteiger partial charge in [-0.3, -0.25) is 0 Å². The van der Waals surface area contributed by atoms with Gasteiger partial charge in [0.25, 0.3) is 0 Å². The van der Waals surface area contributed by atoms with Crippen LogP contribution in [0.2, 0.25) is 0 Å². The average Bonchev–Trinajstić information content (AvgIpc) is 1.95. The molecule has 0 rings (SSSR count). The molecule has 0 saturated heterocycles. The fourth-order valence-electron chi connectivity index (χ4n) is 0.500. The van der Waals surface area contributed by atoms with Gasteiger partial charge in [-0.25, -0.2) is 0 Å². The Morgan fingerprint density at radius 3 is 1.89 bits per heavy atom. The first-order valence-corrected chi connectivity index (χ1v) is 5.15. The molecule has 3 nitrogen and oxygen atoms in total. The van der Waals surface area contributed by atoms with Crippen molar-refractivity contribution in [2.75, 3.05) is 14.2 Å². The summed E-state index contributed by atoms with van der Waals surface area (Å²) in [6.07, 6.45) is 0. The minimum absolute atomic E-state index is 0.616. The maximum absolute atomic E-state index is 5.10. The maximum atomic E-state index is 5.10. The first-order valence-electron chi connectivity index (χ1n) is 2.53. The lowest BCUT2D eigenvalue weighted by Crippen LogP contribution is -2.41. The number of rotatable bonds is 4. The lowest BCUT2D eigenvalue weighted by molar-refractivity contribution is 0.182. The van der Waals surface area contributed by atoms with E-state index in [-0.39, 0.29) is 0 Å². The second-order valence-electron chi connectivity index (χ2n) is 1.42. The Kier molecular flexibility index (Phi) is 3.99. The average molecular weight is 164 g/mol. The quantitative estimate of drug-likeness (QED) is 0.511. The van der Waals surface area contributed by atoms with Crippen molar-refractivity contribution in [3.8, 4) is 0 Å². The van der Waals surface area contributed by atoms with Crippen molar-refractivity contribution in [1.82, 2.24) is 0 Å². The van der Waals surface area contributed by atoms with Gasteiger partial charge < -0.3 is 13.0 Å². The Hall–Kier alpha value is 0.0538. The minimum Gasteiger partial charge on any atom is -0.421 e. The second-order valence-corrected chi connectivity index (χ2v) is 5.48. The van der Waals surface area contributed by atoms with Gasteiger partial charge in [0.1, 0.15) is 10.5 Å². The predicted octanol–water partition coefficient (Wildman–Crippen LogP) is -0.760. The van der Waals surface area contributed by atoms with Crippen LogP contribution < -0.4 is 0 Å². The summed E-state index contributed by atoms with van der Waals surface area (Å²) < 4.78 is 15.1. The molecule has 54 valence electrons. The zero-order valence-corrected chi connectivity index (χ0v) is 9.01. The Labute approximate surface area is 59.5 Å². The van der Waals surface area contributed by atoms with Crippen molar-refractivity contribution >= 4 is 19.3 Å². The highest BCUT2D eigenvalue weighted by Crippen LogP contribution is 2.04. The molecular weight excluding hydrogens is 152 g/mol. The maximum Gasteiger partial charge on any atom is 0.517 e. The minimum atomic E-state index is -2.37. The molecule has 9 heavy (non-hydrogen) atoms. The van der Waals surface area contributed by atoms with E-state index in [1.54, 1.807) is 19.9 Å². The standard InChI is InChI=1S/C4H12O3Si2/c1-4-9(5-2,6-3)7-8/h4H,1H2,2-3,8H3. The molecular formula is C4H12O3Si2. The molecule has 0 spiro atoms. The largest absolute Gasteiger partial charge is 0.517 e. The SMILES string of the molecule is C=C[Si](OC)(OC)O[SiH3]. The summed E-state index contributed by atoms with van der Waals surface area (Å²) in [5.41, 5.74) is 1.61. The summed E-state index contributed by atoms with van der Waals surface area (Å²) in [5.74, 6) is 0. The van der Waals surface area contributed by atoms with Crippen LogP contribution in [0.4, 0.5) is 0 Å². The number of hydrogen-bond acceptors (Lipinski definition) is 3. The van der Waals surface area contributed by atoms with Crippen LogP contribution in [0.25, 0.3) is 0 Å². The molecule has 0 atom stereocenters. The van der Waals surface area contributed by atoms with E-state index >= 15 is 0 Å². The van der Waals surface area contributed by atoms with Crippen molar-refractivity contribution in [2.45, 2.75) is 0 Å². The topological polar surface area (TPSA) is 27.7 Å². The van der Waals surface area contributed by atoms with Gasteiger partial charge in [-0.2, -0.15) is 0 Å². The van der Waals surface area contributed by atoms with Crippen molar-refractivity contribution < 1.29 is 13.0 Å². The third kappa shape index (κ3) is 2.03. The summed E-state index contributed by atoms with van der Waals surface area (Å²) in [7, 11) is 1.38. The highest BCUT2D eigenvalue weighted by molar-refractivity contribution is 6.68. The Morgan fingerprint density at radius 1 is 1.44 bits per heavy atom. The molecule has 0 radical (unpaired) electrons. The van der Waals surface area contributed by atoms with Gasteiger partial charge in [0.05, 0.1) is 0 Å². The van der Waals surface area contributed by atoms with E-state index in [4.69, 9.17) is 13.0 Å². The van der Waals surface area contributed by atoms with Gasteiger partial charge in [-0.15, -0.1) is 0 Å². The number of hydrogen-bond donors (Lipinski definition) is 0. The third-order valence-corrected chi connectivity index (χ3v) is 5.02. The normalized spacial score (nSPS) is 11.8. The van der Waals surface area contributed by atoms with Gasteiger partial charge in [0, 0.05) is 14.2 Å². The molecule has 0 bridgehead atoms. The van der Waals surface area contributed by atoms with Gasteiger partial charge in [-0.1, -0.05) is 6.58 Å². The van der Waals surface area contributed by atoms with Crippen LogP contribution in [0, 0.1) is 0 Å². The fourth-order valence-corrected chi connectivity index (χ4v) is 3.00. The molecule has 0 heterocycles. The van der Waals surface area contributed by atoms with Crippen LogP contribution in [-0.4, -0.2) is 33.5 Å². The smallest absolute Gasteiger partial charge is 0.421 e. The van der Waals surface area contributed by atoms with E-state index in [0.717, 1.165) is 0 Å². The lowest BCUT2D eigenvalue weighted by Gasteiger charge is -2.20.